The molecule has 0 unspecified atom stereocenters. The molecule has 1 fully saturated rings. The molecule has 1 rings (SSSR count). The van der Waals surface area contributed by atoms with Crippen LogP contribution in [0.15, 0.2) is 0 Å². The molecule has 3 N–H and O–H groups in total. The van der Waals surface area contributed by atoms with Gasteiger partial charge in [-0.2, -0.15) is 0 Å². The Balaban J connectivity index is 2.49. The summed E-state index contributed by atoms with van der Waals surface area (Å²) in [4.78, 5) is 35.6. The molecule has 0 saturated heterocycles. The zero-order valence-electron chi connectivity index (χ0n) is 11.5. The Kier molecular flexibility index (Phi) is 4.74. The van der Waals surface area contributed by atoms with Crippen molar-refractivity contribution in [3.05, 3.63) is 0 Å². The first-order chi connectivity index (χ1) is 8.78. The van der Waals surface area contributed by atoms with E-state index in [2.05, 4.69) is 10.6 Å². The van der Waals surface area contributed by atoms with Gasteiger partial charge in [-0.25, -0.2) is 9.59 Å². The first-order valence-electron chi connectivity index (χ1n) is 6.37. The molecular formula is C12H21N3O4. The quantitative estimate of drug-likeness (QED) is 0.641. The van der Waals surface area contributed by atoms with Gasteiger partial charge in [0, 0.05) is 12.6 Å². The number of carbonyl (C=O) groups is 3. The third kappa shape index (κ3) is 4.11. The summed E-state index contributed by atoms with van der Waals surface area (Å²) in [7, 11) is 0. The maximum atomic E-state index is 11.9. The Morgan fingerprint density at radius 3 is 2.32 bits per heavy atom. The summed E-state index contributed by atoms with van der Waals surface area (Å²) < 4.78 is 0. The average Bonchev–Trinajstić information content (AvgIpc) is 3.10. The van der Waals surface area contributed by atoms with Gasteiger partial charge in [0.05, 0.1) is 6.54 Å². The van der Waals surface area contributed by atoms with E-state index in [1.807, 2.05) is 0 Å². The number of carboxylic acid groups (broad SMARTS) is 1. The summed E-state index contributed by atoms with van der Waals surface area (Å²) in [6.07, 6.45) is 1.96. The number of urea groups is 1. The van der Waals surface area contributed by atoms with Gasteiger partial charge < -0.3 is 20.6 Å². The summed E-state index contributed by atoms with van der Waals surface area (Å²) >= 11 is 0. The van der Waals surface area contributed by atoms with Crippen molar-refractivity contribution in [2.45, 2.75) is 45.2 Å². The highest BCUT2D eigenvalue weighted by molar-refractivity contribution is 5.88. The van der Waals surface area contributed by atoms with E-state index in [1.54, 1.807) is 6.92 Å². The molecule has 1 aliphatic carbocycles. The number of amides is 3. The molecule has 0 aromatic rings. The Bertz CT molecular complexity index is 377. The molecule has 0 bridgehead atoms. The first-order valence-corrected chi connectivity index (χ1v) is 6.37. The van der Waals surface area contributed by atoms with E-state index in [0.717, 1.165) is 12.8 Å². The lowest BCUT2D eigenvalue weighted by molar-refractivity contribution is -0.147. The van der Waals surface area contributed by atoms with Crippen LogP contribution >= 0.6 is 0 Å². The van der Waals surface area contributed by atoms with E-state index in [4.69, 9.17) is 5.11 Å². The number of carbonyl (C=O) groups excluding carboxylic acids is 2. The normalized spacial score (nSPS) is 14.7. The predicted molar refractivity (Wildman–Crippen MR) is 68.7 cm³/mol. The summed E-state index contributed by atoms with van der Waals surface area (Å²) in [6.45, 7) is 4.69. The molecule has 0 aliphatic heterocycles. The van der Waals surface area contributed by atoms with Crippen molar-refractivity contribution < 1.29 is 19.5 Å². The van der Waals surface area contributed by atoms with Gasteiger partial charge in [-0.05, 0) is 33.6 Å². The van der Waals surface area contributed by atoms with Gasteiger partial charge in [0.25, 0.3) is 0 Å². The van der Waals surface area contributed by atoms with Crippen molar-refractivity contribution in [2.75, 3.05) is 13.1 Å². The minimum atomic E-state index is -1.31. The van der Waals surface area contributed by atoms with Gasteiger partial charge in [-0.1, -0.05) is 0 Å². The fraction of sp³-hybridized carbons (Fsp3) is 0.750. The minimum Gasteiger partial charge on any atom is -0.480 e. The lowest BCUT2D eigenvalue weighted by Gasteiger charge is -2.34. The van der Waals surface area contributed by atoms with Gasteiger partial charge in [-0.3, -0.25) is 4.79 Å². The zero-order chi connectivity index (χ0) is 14.6. The molecule has 0 radical (unpaired) electrons. The molecule has 108 valence electrons. The van der Waals surface area contributed by atoms with E-state index in [9.17, 15) is 14.4 Å². The number of nitrogens with one attached hydrogen (secondary N) is 2. The van der Waals surface area contributed by atoms with Gasteiger partial charge in [0.2, 0.25) is 5.91 Å². The minimum absolute atomic E-state index is 0.137. The monoisotopic (exact) mass is 271 g/mol. The van der Waals surface area contributed by atoms with Crippen LogP contribution in [0.4, 0.5) is 4.79 Å². The van der Waals surface area contributed by atoms with Crippen molar-refractivity contribution in [1.82, 2.24) is 15.5 Å². The van der Waals surface area contributed by atoms with Crippen LogP contribution in [0.25, 0.3) is 0 Å². The Morgan fingerprint density at radius 2 is 1.89 bits per heavy atom. The second-order valence-corrected chi connectivity index (χ2v) is 5.11. The number of rotatable bonds is 6. The zero-order valence-corrected chi connectivity index (χ0v) is 11.5. The van der Waals surface area contributed by atoms with Gasteiger partial charge in [0.1, 0.15) is 5.54 Å². The number of hydrogen-bond donors (Lipinski definition) is 3. The number of likely N-dealkylation sites (N-methyl/N-ethyl adjacent to an activating group) is 1. The second-order valence-electron chi connectivity index (χ2n) is 5.11. The largest absolute Gasteiger partial charge is 0.480 e. The molecule has 1 saturated carbocycles. The molecule has 0 heterocycles. The molecule has 7 heteroatoms. The lowest BCUT2D eigenvalue weighted by atomic mass is 10.0. The number of aliphatic carboxylic acids is 1. The summed E-state index contributed by atoms with van der Waals surface area (Å²) in [6, 6.07) is -0.317. The molecule has 0 atom stereocenters. The second kappa shape index (κ2) is 5.90. The van der Waals surface area contributed by atoms with Crippen LogP contribution in [-0.2, 0) is 9.59 Å². The Labute approximate surface area is 112 Å². The molecule has 3 amide bonds. The summed E-state index contributed by atoms with van der Waals surface area (Å²) in [5.41, 5.74) is -1.31. The molecule has 7 nitrogen and oxygen atoms in total. The summed E-state index contributed by atoms with van der Waals surface area (Å²) in [5, 5.41) is 14.3. The van der Waals surface area contributed by atoms with Crippen LogP contribution in [0.1, 0.15) is 33.6 Å². The van der Waals surface area contributed by atoms with Gasteiger partial charge >= 0.3 is 12.0 Å². The molecule has 0 aromatic heterocycles. The third-order valence-electron chi connectivity index (χ3n) is 3.10. The van der Waals surface area contributed by atoms with Crippen LogP contribution < -0.4 is 10.6 Å². The van der Waals surface area contributed by atoms with Crippen molar-refractivity contribution >= 4 is 17.9 Å². The van der Waals surface area contributed by atoms with Crippen LogP contribution in [0, 0.1) is 0 Å². The Hall–Kier alpha value is -1.79. The smallest absolute Gasteiger partial charge is 0.329 e. The van der Waals surface area contributed by atoms with Crippen LogP contribution in [0.5, 0.6) is 0 Å². The maximum Gasteiger partial charge on any atom is 0.329 e. The topological polar surface area (TPSA) is 98.7 Å². The summed E-state index contributed by atoms with van der Waals surface area (Å²) in [5.74, 6) is -1.34. The van der Waals surface area contributed by atoms with Crippen LogP contribution in [0.3, 0.4) is 0 Å². The van der Waals surface area contributed by atoms with Crippen LogP contribution in [0.2, 0.25) is 0 Å². The van der Waals surface area contributed by atoms with Crippen molar-refractivity contribution in [2.24, 2.45) is 0 Å². The van der Waals surface area contributed by atoms with E-state index >= 15 is 0 Å². The first kappa shape index (κ1) is 15.3. The maximum absolute atomic E-state index is 11.9. The highest BCUT2D eigenvalue weighted by atomic mass is 16.4. The molecule has 0 aromatic carbocycles. The average molecular weight is 271 g/mol. The van der Waals surface area contributed by atoms with E-state index in [0.29, 0.717) is 0 Å². The number of hydrogen-bond acceptors (Lipinski definition) is 3. The SMILES string of the molecule is CCN(C(=O)NCC(=O)NC1CC1)C(C)(C)C(=O)O. The third-order valence-corrected chi connectivity index (χ3v) is 3.10. The standard InChI is InChI=1S/C12H21N3O4/c1-4-15(12(2,3)10(17)18)11(19)13-7-9(16)14-8-5-6-8/h8H,4-7H2,1-3H3,(H,13,19)(H,14,16)(H,17,18). The van der Waals surface area contributed by atoms with Crippen LogP contribution in [-0.4, -0.2) is 52.6 Å². The van der Waals surface area contributed by atoms with Crippen molar-refractivity contribution in [3.8, 4) is 0 Å². The fourth-order valence-corrected chi connectivity index (χ4v) is 1.67. The van der Waals surface area contributed by atoms with Crippen molar-refractivity contribution in [1.29, 1.82) is 0 Å². The number of carboxylic acids is 1. The highest BCUT2D eigenvalue weighted by Crippen LogP contribution is 2.18. The van der Waals surface area contributed by atoms with E-state index in [1.165, 1.54) is 18.7 Å². The highest BCUT2D eigenvalue weighted by Gasteiger charge is 2.37. The van der Waals surface area contributed by atoms with Gasteiger partial charge in [-0.15, -0.1) is 0 Å². The van der Waals surface area contributed by atoms with Crippen molar-refractivity contribution in [3.63, 3.8) is 0 Å². The molecule has 0 spiro atoms. The fourth-order valence-electron chi connectivity index (χ4n) is 1.67. The van der Waals surface area contributed by atoms with E-state index < -0.39 is 17.5 Å². The lowest BCUT2D eigenvalue weighted by Crippen LogP contribution is -2.57. The van der Waals surface area contributed by atoms with E-state index in [-0.39, 0.29) is 25.0 Å². The predicted octanol–water partition coefficient (Wildman–Crippen LogP) is 0.160. The molecular weight excluding hydrogens is 250 g/mol. The number of nitrogens with zero attached hydrogens (tertiary/aromatic N) is 1. The Morgan fingerprint density at radius 1 is 1.32 bits per heavy atom. The molecule has 1 aliphatic rings. The van der Waals surface area contributed by atoms with Gasteiger partial charge in [0.15, 0.2) is 0 Å². The molecule has 19 heavy (non-hydrogen) atoms.